The van der Waals surface area contributed by atoms with Crippen molar-refractivity contribution in [1.82, 2.24) is 10.3 Å². The summed E-state index contributed by atoms with van der Waals surface area (Å²) in [5.74, 6) is -0.0648. The van der Waals surface area contributed by atoms with Crippen LogP contribution in [0.3, 0.4) is 0 Å². The van der Waals surface area contributed by atoms with Crippen molar-refractivity contribution in [3.8, 4) is 11.1 Å². The molecule has 1 aliphatic heterocycles. The molecule has 1 aromatic heterocycles. The van der Waals surface area contributed by atoms with Crippen LogP contribution in [0.1, 0.15) is 55.5 Å². The Balaban J connectivity index is 1.63. The lowest BCUT2D eigenvalue weighted by Crippen LogP contribution is -2.46. The summed E-state index contributed by atoms with van der Waals surface area (Å²) < 4.78 is 14.4. The fourth-order valence-corrected chi connectivity index (χ4v) is 5.19. The molecular formula is C27H29ClFN3O. The van der Waals surface area contributed by atoms with E-state index in [-0.39, 0.29) is 23.6 Å². The van der Waals surface area contributed by atoms with Crippen molar-refractivity contribution >= 4 is 34.0 Å². The number of pyridine rings is 1. The van der Waals surface area contributed by atoms with E-state index in [0.29, 0.717) is 33.8 Å². The molecule has 4 nitrogen and oxygen atoms in total. The molecule has 1 saturated heterocycles. The molecule has 3 aromatic rings. The van der Waals surface area contributed by atoms with E-state index in [2.05, 4.69) is 29.5 Å². The number of hydrogen-bond donors (Lipinski definition) is 2. The van der Waals surface area contributed by atoms with Gasteiger partial charge in [0.25, 0.3) is 0 Å². The Morgan fingerprint density at radius 1 is 1.12 bits per heavy atom. The monoisotopic (exact) mass is 465 g/mol. The van der Waals surface area contributed by atoms with Gasteiger partial charge in [-0.1, -0.05) is 17.7 Å². The number of ketones is 1. The van der Waals surface area contributed by atoms with Crippen molar-refractivity contribution < 1.29 is 9.18 Å². The van der Waals surface area contributed by atoms with Crippen LogP contribution in [0.5, 0.6) is 0 Å². The molecule has 2 aromatic carbocycles. The Bertz CT molecular complexity index is 1210. The van der Waals surface area contributed by atoms with Gasteiger partial charge in [0.2, 0.25) is 0 Å². The van der Waals surface area contributed by atoms with Crippen LogP contribution in [0.2, 0.25) is 5.02 Å². The quantitative estimate of drug-likeness (QED) is 0.420. The zero-order valence-electron chi connectivity index (χ0n) is 19.2. The summed E-state index contributed by atoms with van der Waals surface area (Å²) in [7, 11) is 0. The number of hydrogen-bond acceptors (Lipinski definition) is 4. The van der Waals surface area contributed by atoms with Crippen LogP contribution in [-0.4, -0.2) is 28.9 Å². The SMILES string of the molecule is Cc1c(F)cc(-c2ccc3ncc(C(=O)C4CC4)c(NC4C[C@@H](C)N[C@@H](C)C4)c3c2)cc1Cl. The van der Waals surface area contributed by atoms with E-state index in [9.17, 15) is 9.18 Å². The van der Waals surface area contributed by atoms with Crippen LogP contribution >= 0.6 is 11.6 Å². The number of aromatic nitrogens is 1. The van der Waals surface area contributed by atoms with Gasteiger partial charge in [0.1, 0.15) is 5.82 Å². The summed E-state index contributed by atoms with van der Waals surface area (Å²) in [4.78, 5) is 17.8. The van der Waals surface area contributed by atoms with Crippen LogP contribution in [0.25, 0.3) is 22.0 Å². The van der Waals surface area contributed by atoms with Gasteiger partial charge in [0.15, 0.2) is 5.78 Å². The number of benzene rings is 2. The minimum absolute atomic E-state index is 0.101. The second-order valence-electron chi connectivity index (χ2n) is 9.76. The van der Waals surface area contributed by atoms with Gasteiger partial charge in [0, 0.05) is 46.2 Å². The lowest BCUT2D eigenvalue weighted by molar-refractivity contribution is 0.0968. The molecule has 0 amide bonds. The molecule has 0 bridgehead atoms. The van der Waals surface area contributed by atoms with Crippen molar-refractivity contribution in [3.05, 3.63) is 58.5 Å². The summed E-state index contributed by atoms with van der Waals surface area (Å²) >= 11 is 6.27. The first-order chi connectivity index (χ1) is 15.8. The van der Waals surface area contributed by atoms with E-state index in [1.807, 2.05) is 18.2 Å². The van der Waals surface area contributed by atoms with Gasteiger partial charge in [-0.2, -0.15) is 0 Å². The van der Waals surface area contributed by atoms with Crippen LogP contribution < -0.4 is 10.6 Å². The van der Waals surface area contributed by atoms with Gasteiger partial charge < -0.3 is 10.6 Å². The maximum atomic E-state index is 14.4. The molecule has 2 aliphatic rings. The Kier molecular flexibility index (Phi) is 5.87. The summed E-state index contributed by atoms with van der Waals surface area (Å²) in [6, 6.07) is 10.2. The third-order valence-electron chi connectivity index (χ3n) is 6.89. The number of rotatable bonds is 5. The summed E-state index contributed by atoms with van der Waals surface area (Å²) in [5.41, 5.74) is 4.31. The molecule has 1 unspecified atom stereocenters. The largest absolute Gasteiger partial charge is 0.381 e. The third kappa shape index (κ3) is 4.49. The summed E-state index contributed by atoms with van der Waals surface area (Å²) in [5, 5.41) is 8.59. The van der Waals surface area contributed by atoms with Crippen molar-refractivity contribution in [2.45, 2.75) is 64.6 Å². The average Bonchev–Trinajstić information content (AvgIpc) is 3.61. The van der Waals surface area contributed by atoms with Gasteiger partial charge >= 0.3 is 0 Å². The average molecular weight is 466 g/mol. The predicted molar refractivity (Wildman–Crippen MR) is 133 cm³/mol. The van der Waals surface area contributed by atoms with Crippen LogP contribution in [0.15, 0.2) is 36.5 Å². The molecule has 2 N–H and O–H groups in total. The van der Waals surface area contributed by atoms with Gasteiger partial charge in [-0.25, -0.2) is 4.39 Å². The van der Waals surface area contributed by atoms with Crippen LogP contribution in [0, 0.1) is 18.7 Å². The second kappa shape index (κ2) is 8.69. The highest BCUT2D eigenvalue weighted by Gasteiger charge is 2.33. The summed E-state index contributed by atoms with van der Waals surface area (Å²) in [6.45, 7) is 6.06. The van der Waals surface area contributed by atoms with Gasteiger partial charge in [-0.15, -0.1) is 0 Å². The smallest absolute Gasteiger partial charge is 0.169 e. The normalized spacial score (nSPS) is 23.0. The maximum absolute atomic E-state index is 14.4. The standard InChI is InChI=1S/C27H29ClFN3O/c1-14-8-20(9-15(2)31-14)32-26-21-10-18(19-11-23(28)16(3)24(29)12-19)6-7-25(21)30-13-22(26)27(33)17-4-5-17/h6-7,10-15,17,20,31H,4-5,8-9H2,1-3H3,(H,30,32)/t14-,15+,20?. The zero-order chi connectivity index (χ0) is 23.3. The molecule has 0 radical (unpaired) electrons. The first-order valence-corrected chi connectivity index (χ1v) is 12.1. The van der Waals surface area contributed by atoms with Crippen molar-refractivity contribution in [2.75, 3.05) is 5.32 Å². The van der Waals surface area contributed by atoms with E-state index < -0.39 is 0 Å². The van der Waals surface area contributed by atoms with Crippen LogP contribution in [0.4, 0.5) is 10.1 Å². The molecule has 0 spiro atoms. The number of Topliss-reactive ketones (excluding diaryl/α,β-unsaturated/α-hetero) is 1. The molecule has 3 atom stereocenters. The lowest BCUT2D eigenvalue weighted by Gasteiger charge is -2.34. The fraction of sp³-hybridized carbons (Fsp3) is 0.407. The third-order valence-corrected chi connectivity index (χ3v) is 7.28. The fourth-order valence-electron chi connectivity index (χ4n) is 4.99. The maximum Gasteiger partial charge on any atom is 0.169 e. The first-order valence-electron chi connectivity index (χ1n) is 11.8. The first kappa shape index (κ1) is 22.3. The number of piperidine rings is 1. The molecule has 1 saturated carbocycles. The van der Waals surface area contributed by atoms with Crippen molar-refractivity contribution in [1.29, 1.82) is 0 Å². The summed E-state index contributed by atoms with van der Waals surface area (Å²) in [6.07, 6.45) is 5.56. The number of anilines is 1. The highest BCUT2D eigenvalue weighted by Crippen LogP contribution is 2.39. The molecule has 33 heavy (non-hydrogen) atoms. The molecule has 6 heteroatoms. The Hall–Kier alpha value is -2.50. The number of carbonyl (C=O) groups excluding carboxylic acids is 1. The highest BCUT2D eigenvalue weighted by atomic mass is 35.5. The highest BCUT2D eigenvalue weighted by molar-refractivity contribution is 6.31. The number of fused-ring (bicyclic) bond motifs is 1. The predicted octanol–water partition coefficient (Wildman–Crippen LogP) is 6.54. The van der Waals surface area contributed by atoms with Crippen LogP contribution in [-0.2, 0) is 0 Å². The topological polar surface area (TPSA) is 54.0 Å². The minimum Gasteiger partial charge on any atom is -0.381 e. The number of carbonyl (C=O) groups is 1. The van der Waals surface area contributed by atoms with Gasteiger partial charge in [-0.3, -0.25) is 9.78 Å². The van der Waals surface area contributed by atoms with E-state index in [1.165, 1.54) is 6.07 Å². The number of nitrogens with zero attached hydrogens (tertiary/aromatic N) is 1. The molecule has 5 rings (SSSR count). The molecule has 2 fully saturated rings. The molecular weight excluding hydrogens is 437 g/mol. The van der Waals surface area contributed by atoms with Gasteiger partial charge in [0.05, 0.1) is 16.8 Å². The Morgan fingerprint density at radius 2 is 1.85 bits per heavy atom. The zero-order valence-corrected chi connectivity index (χ0v) is 20.0. The van der Waals surface area contributed by atoms with Crippen molar-refractivity contribution in [2.24, 2.45) is 5.92 Å². The number of halogens is 2. The number of nitrogens with one attached hydrogen (secondary N) is 2. The molecule has 172 valence electrons. The molecule has 1 aliphatic carbocycles. The van der Waals surface area contributed by atoms with E-state index >= 15 is 0 Å². The Labute approximate surface area is 198 Å². The molecule has 2 heterocycles. The Morgan fingerprint density at radius 3 is 2.52 bits per heavy atom. The van der Waals surface area contributed by atoms with E-state index in [1.54, 1.807) is 19.2 Å². The van der Waals surface area contributed by atoms with E-state index in [0.717, 1.165) is 47.8 Å². The van der Waals surface area contributed by atoms with Crippen molar-refractivity contribution in [3.63, 3.8) is 0 Å². The van der Waals surface area contributed by atoms with E-state index in [4.69, 9.17) is 11.6 Å². The lowest BCUT2D eigenvalue weighted by atomic mass is 9.93. The minimum atomic E-state index is -0.329. The van der Waals surface area contributed by atoms with Gasteiger partial charge in [-0.05, 0) is 81.8 Å². The second-order valence-corrected chi connectivity index (χ2v) is 10.2.